The maximum Gasteiger partial charge on any atom is 0.342 e. The molecule has 2 fully saturated rings. The summed E-state index contributed by atoms with van der Waals surface area (Å²) in [7, 11) is 1.26. The van der Waals surface area contributed by atoms with Crippen LogP contribution in [-0.2, 0) is 20.7 Å². The SMILES string of the molecule is COC(=O)c1c(C)cc2c(c(C)c1=O)OC1(C)CCC3C(C)(C)OC(=O)CC(O)C3(C)C1C2. The fourth-order valence-corrected chi connectivity index (χ4v) is 6.93. The third-order valence-electron chi connectivity index (χ3n) is 8.60. The lowest BCUT2D eigenvalue weighted by atomic mass is 9.49. The highest BCUT2D eigenvalue weighted by atomic mass is 16.6. The molecular formula is C26H34O7. The predicted molar refractivity (Wildman–Crippen MR) is 121 cm³/mol. The monoisotopic (exact) mass is 458 g/mol. The summed E-state index contributed by atoms with van der Waals surface area (Å²) in [6, 6.07) is 1.83. The Morgan fingerprint density at radius 3 is 2.39 bits per heavy atom. The Morgan fingerprint density at radius 2 is 1.76 bits per heavy atom. The van der Waals surface area contributed by atoms with E-state index >= 15 is 0 Å². The number of rotatable bonds is 1. The maximum atomic E-state index is 13.2. The summed E-state index contributed by atoms with van der Waals surface area (Å²) in [5.74, 6) is -0.736. The topological polar surface area (TPSA) is 99.1 Å². The molecule has 0 bridgehead atoms. The minimum absolute atomic E-state index is 0.0137. The van der Waals surface area contributed by atoms with E-state index < -0.39 is 40.1 Å². The van der Waals surface area contributed by atoms with Gasteiger partial charge in [0.2, 0.25) is 0 Å². The standard InChI is InChI=1S/C26H34O7/c1-13-10-15-11-17-25(5,33-22(15)14(2)21(29)20(13)23(30)31-7)9-8-16-24(3,4)32-19(28)12-18(27)26(16,17)6/h10,16-18,27H,8-9,11-12H2,1-7H3. The molecule has 180 valence electrons. The largest absolute Gasteiger partial charge is 0.487 e. The van der Waals surface area contributed by atoms with E-state index in [9.17, 15) is 19.5 Å². The molecule has 1 aliphatic carbocycles. The van der Waals surface area contributed by atoms with Gasteiger partial charge in [0.15, 0.2) is 5.43 Å². The van der Waals surface area contributed by atoms with Gasteiger partial charge in [-0.25, -0.2) is 4.79 Å². The van der Waals surface area contributed by atoms with Crippen LogP contribution in [0.1, 0.15) is 74.0 Å². The van der Waals surface area contributed by atoms with Gasteiger partial charge in [-0.2, -0.15) is 0 Å². The number of esters is 2. The molecule has 2 heterocycles. The number of hydrogen-bond acceptors (Lipinski definition) is 7. The summed E-state index contributed by atoms with van der Waals surface area (Å²) in [4.78, 5) is 38.0. The van der Waals surface area contributed by atoms with Crippen LogP contribution in [0, 0.1) is 31.1 Å². The molecule has 1 N–H and O–H groups in total. The van der Waals surface area contributed by atoms with Crippen molar-refractivity contribution in [2.24, 2.45) is 17.3 Å². The highest BCUT2D eigenvalue weighted by molar-refractivity contribution is 5.91. The van der Waals surface area contributed by atoms with E-state index in [4.69, 9.17) is 14.2 Å². The van der Waals surface area contributed by atoms with Crippen LogP contribution in [0.25, 0.3) is 0 Å². The van der Waals surface area contributed by atoms with Crippen LogP contribution in [0.3, 0.4) is 0 Å². The zero-order chi connectivity index (χ0) is 24.5. The average Bonchev–Trinajstić information content (AvgIpc) is 2.84. The lowest BCUT2D eigenvalue weighted by Crippen LogP contribution is -2.64. The van der Waals surface area contributed by atoms with Crippen molar-refractivity contribution in [2.45, 2.75) is 84.5 Å². The molecule has 0 radical (unpaired) electrons. The van der Waals surface area contributed by atoms with Gasteiger partial charge in [0.1, 0.15) is 22.5 Å². The number of aliphatic hydroxyl groups is 1. The fraction of sp³-hybridized carbons (Fsp3) is 0.654. The van der Waals surface area contributed by atoms with E-state index in [-0.39, 0.29) is 23.8 Å². The molecule has 33 heavy (non-hydrogen) atoms. The molecule has 1 aromatic carbocycles. The first-order valence-electron chi connectivity index (χ1n) is 11.6. The molecule has 2 aliphatic heterocycles. The number of fused-ring (bicyclic) bond motifs is 4. The van der Waals surface area contributed by atoms with Crippen LogP contribution >= 0.6 is 0 Å². The van der Waals surface area contributed by atoms with Crippen molar-refractivity contribution in [3.05, 3.63) is 38.5 Å². The number of ether oxygens (including phenoxy) is 3. The van der Waals surface area contributed by atoms with Gasteiger partial charge in [0.25, 0.3) is 0 Å². The highest BCUT2D eigenvalue weighted by Gasteiger charge is 2.64. The molecule has 1 saturated carbocycles. The third-order valence-corrected chi connectivity index (χ3v) is 8.60. The number of methoxy groups -OCH3 is 1. The van der Waals surface area contributed by atoms with Gasteiger partial charge in [0, 0.05) is 22.8 Å². The van der Waals surface area contributed by atoms with Gasteiger partial charge in [-0.05, 0) is 65.0 Å². The lowest BCUT2D eigenvalue weighted by molar-refractivity contribution is -0.193. The average molecular weight is 459 g/mol. The summed E-state index contributed by atoms with van der Waals surface area (Å²) < 4.78 is 17.3. The molecule has 5 unspecified atom stereocenters. The molecule has 0 amide bonds. The minimum atomic E-state index is -0.882. The lowest BCUT2D eigenvalue weighted by Gasteiger charge is -2.60. The number of aliphatic hydroxyl groups excluding tert-OH is 1. The zero-order valence-corrected chi connectivity index (χ0v) is 20.5. The molecule has 7 heteroatoms. The van der Waals surface area contributed by atoms with E-state index in [0.717, 1.165) is 5.56 Å². The fourth-order valence-electron chi connectivity index (χ4n) is 6.93. The molecule has 1 aromatic rings. The summed E-state index contributed by atoms with van der Waals surface area (Å²) >= 11 is 0. The van der Waals surface area contributed by atoms with Crippen LogP contribution in [0.5, 0.6) is 5.75 Å². The quantitative estimate of drug-likeness (QED) is 0.645. The zero-order valence-electron chi connectivity index (χ0n) is 20.5. The van der Waals surface area contributed by atoms with E-state index in [1.807, 2.05) is 33.8 Å². The molecule has 4 rings (SSSR count). The smallest absolute Gasteiger partial charge is 0.342 e. The number of cyclic esters (lactones) is 1. The first-order chi connectivity index (χ1) is 15.3. The van der Waals surface area contributed by atoms with Gasteiger partial charge < -0.3 is 19.3 Å². The normalized spacial score (nSPS) is 34.5. The first-order valence-corrected chi connectivity index (χ1v) is 11.6. The molecular weight excluding hydrogens is 424 g/mol. The van der Waals surface area contributed by atoms with Crippen LogP contribution in [-0.4, -0.2) is 41.5 Å². The maximum absolute atomic E-state index is 13.2. The summed E-state index contributed by atoms with van der Waals surface area (Å²) in [6.45, 7) is 11.3. The van der Waals surface area contributed by atoms with E-state index in [0.29, 0.717) is 36.1 Å². The Kier molecular flexibility index (Phi) is 5.43. The molecule has 1 saturated heterocycles. The summed E-state index contributed by atoms with van der Waals surface area (Å²) in [5, 5.41) is 11.3. The molecule has 3 aliphatic rings. The van der Waals surface area contributed by atoms with Gasteiger partial charge in [-0.15, -0.1) is 0 Å². The van der Waals surface area contributed by atoms with E-state index in [1.54, 1.807) is 13.8 Å². The molecule has 0 spiro atoms. The van der Waals surface area contributed by atoms with Crippen LogP contribution in [0.2, 0.25) is 0 Å². The second-order valence-electron chi connectivity index (χ2n) is 10.9. The highest BCUT2D eigenvalue weighted by Crippen LogP contribution is 2.61. The van der Waals surface area contributed by atoms with Gasteiger partial charge in [0.05, 0.1) is 19.6 Å². The Morgan fingerprint density at radius 1 is 1.09 bits per heavy atom. The van der Waals surface area contributed by atoms with Crippen LogP contribution in [0.4, 0.5) is 0 Å². The predicted octanol–water partition coefficient (Wildman–Crippen LogP) is 3.26. The van der Waals surface area contributed by atoms with E-state index in [2.05, 4.69) is 0 Å². The van der Waals surface area contributed by atoms with Crippen LogP contribution in [0.15, 0.2) is 10.9 Å². The van der Waals surface area contributed by atoms with Gasteiger partial charge in [-0.3, -0.25) is 9.59 Å². The second kappa shape index (κ2) is 7.55. The number of carbonyl (C=O) groups is 2. The number of hydrogen-bond donors (Lipinski definition) is 1. The van der Waals surface area contributed by atoms with Crippen molar-refractivity contribution in [1.29, 1.82) is 0 Å². The van der Waals surface area contributed by atoms with E-state index in [1.165, 1.54) is 7.11 Å². The van der Waals surface area contributed by atoms with Gasteiger partial charge >= 0.3 is 11.9 Å². The van der Waals surface area contributed by atoms with Gasteiger partial charge in [-0.1, -0.05) is 13.0 Å². The Balaban J connectivity index is 1.92. The van der Waals surface area contributed by atoms with Crippen LogP contribution < -0.4 is 10.2 Å². The number of aryl methyl sites for hydroxylation is 1. The third kappa shape index (κ3) is 3.38. The van der Waals surface area contributed by atoms with Crippen molar-refractivity contribution in [2.75, 3.05) is 7.11 Å². The number of carbonyl (C=O) groups excluding carboxylic acids is 2. The second-order valence-corrected chi connectivity index (χ2v) is 10.9. The van der Waals surface area contributed by atoms with Crippen molar-refractivity contribution in [1.82, 2.24) is 0 Å². The Bertz CT molecular complexity index is 1090. The minimum Gasteiger partial charge on any atom is -0.487 e. The van der Waals surface area contributed by atoms with Crippen molar-refractivity contribution < 1.29 is 28.9 Å². The van der Waals surface area contributed by atoms with Crippen molar-refractivity contribution in [3.8, 4) is 5.75 Å². The van der Waals surface area contributed by atoms with Crippen molar-refractivity contribution in [3.63, 3.8) is 0 Å². The molecule has 5 atom stereocenters. The Hall–Kier alpha value is -2.41. The van der Waals surface area contributed by atoms with Crippen molar-refractivity contribution >= 4 is 11.9 Å². The molecule has 0 aromatic heterocycles. The summed E-state index contributed by atoms with van der Waals surface area (Å²) in [6.07, 6.45) is 1.02. The first kappa shape index (κ1) is 23.7. The Labute approximate surface area is 194 Å². The summed E-state index contributed by atoms with van der Waals surface area (Å²) in [5.41, 5.74) is -0.666. The molecule has 7 nitrogen and oxygen atoms in total.